The molecule has 1 heterocycles. The van der Waals surface area contributed by atoms with E-state index in [2.05, 4.69) is 5.32 Å². The molecule has 1 N–H and O–H groups in total. The van der Waals surface area contributed by atoms with E-state index in [0.29, 0.717) is 37.9 Å². The van der Waals surface area contributed by atoms with Crippen LogP contribution in [0.1, 0.15) is 32.1 Å². The van der Waals surface area contributed by atoms with E-state index < -0.39 is 11.7 Å². The van der Waals surface area contributed by atoms with Crippen LogP contribution >= 0.6 is 0 Å². The van der Waals surface area contributed by atoms with Crippen LogP contribution in [0.3, 0.4) is 0 Å². The second-order valence-electron chi connectivity index (χ2n) is 5.81. The molecular weight excluding hydrogens is 229 g/mol. The Hall–Kier alpha value is -0.290. The molecule has 17 heavy (non-hydrogen) atoms. The molecule has 0 aromatic carbocycles. The Labute approximate surface area is 99.5 Å². The van der Waals surface area contributed by atoms with E-state index in [9.17, 15) is 13.2 Å². The monoisotopic (exact) mass is 248 g/mol. The Balaban J connectivity index is 1.53. The third-order valence-electron chi connectivity index (χ3n) is 4.42. The molecule has 0 aromatic heterocycles. The average molecular weight is 248 g/mol. The summed E-state index contributed by atoms with van der Waals surface area (Å²) in [6.07, 6.45) is -0.0340. The molecule has 3 fully saturated rings. The summed E-state index contributed by atoms with van der Waals surface area (Å²) in [6.45, 7) is 2.14. The van der Waals surface area contributed by atoms with E-state index in [1.165, 1.54) is 12.8 Å². The van der Waals surface area contributed by atoms with Gasteiger partial charge in [-0.25, -0.2) is 0 Å². The first kappa shape index (κ1) is 11.8. The molecule has 5 heteroatoms. The lowest BCUT2D eigenvalue weighted by Gasteiger charge is -2.29. The second kappa shape index (κ2) is 3.85. The topological polar surface area (TPSA) is 15.3 Å². The van der Waals surface area contributed by atoms with Crippen molar-refractivity contribution in [2.45, 2.75) is 49.9 Å². The van der Waals surface area contributed by atoms with Gasteiger partial charge in [-0.05, 0) is 51.1 Å². The molecular formula is C12H19F3N2. The number of nitrogens with one attached hydrogen (secondary N) is 1. The molecule has 3 aliphatic rings. The Kier molecular flexibility index (Phi) is 2.67. The third-order valence-corrected chi connectivity index (χ3v) is 4.42. The normalized spacial score (nSPS) is 33.0. The van der Waals surface area contributed by atoms with Crippen molar-refractivity contribution < 1.29 is 13.2 Å². The Bertz CT molecular complexity index is 295. The molecule has 1 unspecified atom stereocenters. The van der Waals surface area contributed by atoms with E-state index in [4.69, 9.17) is 0 Å². The Morgan fingerprint density at radius 3 is 2.41 bits per heavy atom. The van der Waals surface area contributed by atoms with Crippen molar-refractivity contribution in [3.05, 3.63) is 0 Å². The maximum Gasteiger partial charge on any atom is 0.406 e. The Morgan fingerprint density at radius 1 is 1.18 bits per heavy atom. The maximum atomic E-state index is 12.9. The van der Waals surface area contributed by atoms with Crippen LogP contribution in [0, 0.1) is 5.92 Å². The summed E-state index contributed by atoms with van der Waals surface area (Å²) in [5, 5.41) is 3.42. The first-order chi connectivity index (χ1) is 8.01. The zero-order valence-electron chi connectivity index (χ0n) is 9.89. The van der Waals surface area contributed by atoms with Gasteiger partial charge in [0, 0.05) is 12.6 Å². The van der Waals surface area contributed by atoms with Crippen LogP contribution in [0.4, 0.5) is 13.2 Å². The van der Waals surface area contributed by atoms with Crippen molar-refractivity contribution in [3.8, 4) is 0 Å². The lowest BCUT2D eigenvalue weighted by molar-refractivity contribution is -0.193. The van der Waals surface area contributed by atoms with Gasteiger partial charge in [-0.3, -0.25) is 4.90 Å². The molecule has 98 valence electrons. The molecule has 0 bridgehead atoms. The van der Waals surface area contributed by atoms with Gasteiger partial charge in [0.2, 0.25) is 0 Å². The van der Waals surface area contributed by atoms with Gasteiger partial charge in [0.05, 0.1) is 0 Å². The van der Waals surface area contributed by atoms with Crippen LogP contribution < -0.4 is 5.32 Å². The highest BCUT2D eigenvalue weighted by Gasteiger charge is 2.67. The van der Waals surface area contributed by atoms with Gasteiger partial charge in [-0.15, -0.1) is 0 Å². The van der Waals surface area contributed by atoms with Crippen molar-refractivity contribution in [1.82, 2.24) is 10.2 Å². The molecule has 1 atom stereocenters. The molecule has 0 radical (unpaired) electrons. The number of alkyl halides is 3. The number of nitrogens with zero attached hydrogens (tertiary/aromatic N) is 1. The van der Waals surface area contributed by atoms with Crippen molar-refractivity contribution in [2.24, 2.45) is 5.92 Å². The van der Waals surface area contributed by atoms with E-state index in [-0.39, 0.29) is 0 Å². The minimum atomic E-state index is -4.04. The fourth-order valence-corrected chi connectivity index (χ4v) is 2.91. The fourth-order valence-electron chi connectivity index (χ4n) is 2.91. The van der Waals surface area contributed by atoms with Gasteiger partial charge >= 0.3 is 6.18 Å². The molecule has 1 aliphatic heterocycles. The molecule has 3 rings (SSSR count). The highest BCUT2D eigenvalue weighted by atomic mass is 19.4. The predicted octanol–water partition coefficient (Wildman–Crippen LogP) is 2.16. The van der Waals surface area contributed by atoms with Crippen molar-refractivity contribution in [3.63, 3.8) is 0 Å². The predicted molar refractivity (Wildman–Crippen MR) is 58.7 cm³/mol. The largest absolute Gasteiger partial charge is 0.406 e. The van der Waals surface area contributed by atoms with Gasteiger partial charge in [0.15, 0.2) is 0 Å². The second-order valence-corrected chi connectivity index (χ2v) is 5.81. The average Bonchev–Trinajstić information content (AvgIpc) is 3.14. The van der Waals surface area contributed by atoms with Crippen LogP contribution in [-0.4, -0.2) is 42.3 Å². The van der Waals surface area contributed by atoms with Crippen LogP contribution in [0.15, 0.2) is 0 Å². The van der Waals surface area contributed by atoms with E-state index in [0.717, 1.165) is 13.0 Å². The van der Waals surface area contributed by atoms with E-state index in [1.807, 2.05) is 0 Å². The van der Waals surface area contributed by atoms with Gasteiger partial charge in [-0.2, -0.15) is 13.2 Å². The maximum absolute atomic E-state index is 12.9. The van der Waals surface area contributed by atoms with Crippen LogP contribution in [0.25, 0.3) is 0 Å². The van der Waals surface area contributed by atoms with E-state index in [1.54, 1.807) is 4.90 Å². The summed E-state index contributed by atoms with van der Waals surface area (Å²) in [6, 6.07) is 0.654. The molecule has 2 aliphatic carbocycles. The lowest BCUT2D eigenvalue weighted by Crippen LogP contribution is -2.47. The minimum Gasteiger partial charge on any atom is -0.314 e. The number of hydrogen-bond donors (Lipinski definition) is 1. The van der Waals surface area contributed by atoms with Gasteiger partial charge in [0.25, 0.3) is 0 Å². The Morgan fingerprint density at radius 2 is 1.88 bits per heavy atom. The standard InChI is InChI=1S/C12H19F3N2/c13-12(14,15)11(4-5-11)17-6-3-9(8-17)7-16-10-1-2-10/h9-10,16H,1-8H2. The molecule has 2 nitrogen and oxygen atoms in total. The number of halogens is 3. The SMILES string of the molecule is FC(F)(F)C1(N2CCC(CNC3CC3)C2)CC1. The minimum absolute atomic E-state index is 0.305. The molecule has 2 saturated carbocycles. The van der Waals surface area contributed by atoms with Gasteiger partial charge in [0.1, 0.15) is 5.54 Å². The molecule has 0 amide bonds. The van der Waals surface area contributed by atoms with Crippen molar-refractivity contribution in [1.29, 1.82) is 0 Å². The highest BCUT2D eigenvalue weighted by molar-refractivity contribution is 5.11. The fraction of sp³-hybridized carbons (Fsp3) is 1.00. The summed E-state index contributed by atoms with van der Waals surface area (Å²) in [5.41, 5.74) is -1.44. The van der Waals surface area contributed by atoms with Gasteiger partial charge < -0.3 is 5.32 Å². The summed E-state index contributed by atoms with van der Waals surface area (Å²) in [5.74, 6) is 0.412. The smallest absolute Gasteiger partial charge is 0.314 e. The summed E-state index contributed by atoms with van der Waals surface area (Å²) < 4.78 is 38.8. The van der Waals surface area contributed by atoms with Gasteiger partial charge in [-0.1, -0.05) is 0 Å². The highest BCUT2D eigenvalue weighted by Crippen LogP contribution is 2.54. The molecule has 0 aromatic rings. The van der Waals surface area contributed by atoms with Crippen LogP contribution in [-0.2, 0) is 0 Å². The van der Waals surface area contributed by atoms with Crippen molar-refractivity contribution in [2.75, 3.05) is 19.6 Å². The lowest BCUT2D eigenvalue weighted by atomic mass is 10.1. The first-order valence-corrected chi connectivity index (χ1v) is 6.56. The molecule has 0 spiro atoms. The van der Waals surface area contributed by atoms with Crippen LogP contribution in [0.5, 0.6) is 0 Å². The third kappa shape index (κ3) is 2.19. The molecule has 1 saturated heterocycles. The summed E-state index contributed by atoms with van der Waals surface area (Å²) in [4.78, 5) is 1.69. The number of likely N-dealkylation sites (tertiary alicyclic amines) is 1. The zero-order valence-corrected chi connectivity index (χ0v) is 9.89. The summed E-state index contributed by atoms with van der Waals surface area (Å²) in [7, 11) is 0. The quantitative estimate of drug-likeness (QED) is 0.820. The zero-order chi connectivity index (χ0) is 12.1. The van der Waals surface area contributed by atoms with Crippen molar-refractivity contribution >= 4 is 0 Å². The number of hydrogen-bond acceptors (Lipinski definition) is 2. The first-order valence-electron chi connectivity index (χ1n) is 6.56. The van der Waals surface area contributed by atoms with Crippen LogP contribution in [0.2, 0.25) is 0 Å². The number of rotatable bonds is 4. The summed E-state index contributed by atoms with van der Waals surface area (Å²) >= 11 is 0. The van der Waals surface area contributed by atoms with E-state index >= 15 is 0 Å².